The molecule has 1 aliphatic rings. The lowest BCUT2D eigenvalue weighted by molar-refractivity contribution is -0.125. The molecule has 228 valence electrons. The van der Waals surface area contributed by atoms with E-state index < -0.39 is 0 Å². The monoisotopic (exact) mass is 595 g/mol. The Labute approximate surface area is 257 Å². The lowest BCUT2D eigenvalue weighted by Crippen LogP contribution is -2.31. The van der Waals surface area contributed by atoms with Gasteiger partial charge in [0.1, 0.15) is 41.1 Å². The molecule has 1 aliphatic heterocycles. The Morgan fingerprint density at radius 3 is 2.45 bits per heavy atom. The molecule has 0 radical (unpaired) electrons. The van der Waals surface area contributed by atoms with Crippen LogP contribution in [-0.2, 0) is 14.3 Å². The first kappa shape index (κ1) is 30.7. The van der Waals surface area contributed by atoms with Gasteiger partial charge in [-0.25, -0.2) is 9.97 Å². The lowest BCUT2D eigenvalue weighted by Gasteiger charge is -2.20. The number of anilines is 1. The minimum atomic E-state index is -0.145. The average Bonchev–Trinajstić information content (AvgIpc) is 3.66. The van der Waals surface area contributed by atoms with Crippen LogP contribution >= 0.6 is 0 Å². The molecule has 0 unspecified atom stereocenters. The lowest BCUT2D eigenvalue weighted by atomic mass is 10.0. The normalized spacial score (nSPS) is 15.0. The van der Waals surface area contributed by atoms with Gasteiger partial charge in [-0.15, -0.1) is 0 Å². The van der Waals surface area contributed by atoms with Gasteiger partial charge in [-0.2, -0.15) is 5.26 Å². The van der Waals surface area contributed by atoms with Crippen molar-refractivity contribution in [2.45, 2.75) is 12.5 Å². The highest BCUT2D eigenvalue weighted by Crippen LogP contribution is 2.40. The molecule has 11 nitrogen and oxygen atoms in total. The van der Waals surface area contributed by atoms with E-state index in [2.05, 4.69) is 20.9 Å². The van der Waals surface area contributed by atoms with Gasteiger partial charge >= 0.3 is 0 Å². The van der Waals surface area contributed by atoms with Crippen LogP contribution < -0.4 is 10.5 Å². The number of rotatable bonds is 13. The zero-order valence-corrected chi connectivity index (χ0v) is 25.1. The number of ether oxygens (including phenoxy) is 3. The molecule has 0 saturated carbocycles. The molecule has 1 atom stereocenters. The number of benzene rings is 2. The molecule has 0 aliphatic carbocycles. The number of carbonyl (C=O) groups excluding carboxylic acids is 1. The summed E-state index contributed by atoms with van der Waals surface area (Å²) in [7, 11) is 3.34. The summed E-state index contributed by atoms with van der Waals surface area (Å²) in [6.45, 7) is 4.34. The topological polar surface area (TPSA) is 132 Å². The maximum absolute atomic E-state index is 13.1. The molecule has 2 aromatic heterocycles. The molecule has 11 heteroatoms. The van der Waals surface area contributed by atoms with Crippen LogP contribution in [0, 0.1) is 11.3 Å². The van der Waals surface area contributed by atoms with E-state index in [0.717, 1.165) is 24.4 Å². The third-order valence-corrected chi connectivity index (χ3v) is 7.73. The van der Waals surface area contributed by atoms with Gasteiger partial charge in [-0.3, -0.25) is 9.69 Å². The van der Waals surface area contributed by atoms with Crippen molar-refractivity contribution in [1.82, 2.24) is 24.3 Å². The standard InChI is InChI=1S/C33H37N7O4/c1-42-19-17-38(18-20-43-2)15-6-9-29(41)39-16-14-25(22-39)40-28(21-34)30(31-32(35)36-23-37-33(31)40)24-10-12-27(13-11-24)44-26-7-4-3-5-8-26/h3-13,23,25H,14-20,22H2,1-2H3,(H2,35,36,37)/b9-6+/t25-/m1/s1. The third kappa shape index (κ3) is 6.89. The predicted octanol–water partition coefficient (Wildman–Crippen LogP) is 4.27. The van der Waals surface area contributed by atoms with E-state index in [-0.39, 0.29) is 11.9 Å². The first-order valence-corrected chi connectivity index (χ1v) is 14.6. The first-order chi connectivity index (χ1) is 21.5. The predicted molar refractivity (Wildman–Crippen MR) is 168 cm³/mol. The molecular weight excluding hydrogens is 558 g/mol. The Balaban J connectivity index is 1.37. The van der Waals surface area contributed by atoms with Crippen molar-refractivity contribution in [3.05, 3.63) is 78.8 Å². The Bertz CT molecular complexity index is 1620. The highest BCUT2D eigenvalue weighted by Gasteiger charge is 2.32. The van der Waals surface area contributed by atoms with Crippen LogP contribution in [0.15, 0.2) is 73.1 Å². The van der Waals surface area contributed by atoms with E-state index in [0.29, 0.717) is 73.1 Å². The van der Waals surface area contributed by atoms with Gasteiger partial charge in [0, 0.05) is 58.6 Å². The van der Waals surface area contributed by atoms with Gasteiger partial charge in [-0.05, 0) is 36.2 Å². The van der Waals surface area contributed by atoms with Crippen LogP contribution in [0.3, 0.4) is 0 Å². The Morgan fingerprint density at radius 2 is 1.77 bits per heavy atom. The van der Waals surface area contributed by atoms with Crippen LogP contribution in [-0.4, -0.2) is 90.4 Å². The number of fused-ring (bicyclic) bond motifs is 1. The number of methoxy groups -OCH3 is 2. The number of hydrogen-bond acceptors (Lipinski definition) is 9. The minimum Gasteiger partial charge on any atom is -0.457 e. The zero-order chi connectivity index (χ0) is 30.9. The molecule has 0 spiro atoms. The quantitative estimate of drug-likeness (QED) is 0.225. The number of aromatic nitrogens is 3. The molecule has 2 N–H and O–H groups in total. The van der Waals surface area contributed by atoms with Crippen molar-refractivity contribution in [2.75, 3.05) is 65.9 Å². The highest BCUT2D eigenvalue weighted by molar-refractivity contribution is 6.03. The van der Waals surface area contributed by atoms with Gasteiger partial charge < -0.3 is 29.4 Å². The summed E-state index contributed by atoms with van der Waals surface area (Å²) < 4.78 is 18.3. The number of hydrogen-bond donors (Lipinski definition) is 1. The Hall–Kier alpha value is -4.76. The number of nitrogens with two attached hydrogens (primary N) is 1. The summed E-state index contributed by atoms with van der Waals surface area (Å²) in [5.74, 6) is 1.64. The largest absolute Gasteiger partial charge is 0.457 e. The number of nitriles is 1. The number of amides is 1. The molecular formula is C33H37N7O4. The molecule has 2 aromatic carbocycles. The zero-order valence-electron chi connectivity index (χ0n) is 25.1. The smallest absolute Gasteiger partial charge is 0.246 e. The fraction of sp³-hybridized carbons (Fsp3) is 0.333. The van der Waals surface area contributed by atoms with Crippen LogP contribution in [0.4, 0.5) is 5.82 Å². The van der Waals surface area contributed by atoms with Crippen molar-refractivity contribution >= 4 is 22.8 Å². The SMILES string of the molecule is COCCN(C/C=C/C(=O)N1CC[C@@H](n2c(C#N)c(-c3ccc(Oc4ccccc4)cc3)c3c(N)ncnc32)C1)CCOC. The van der Waals surface area contributed by atoms with Gasteiger partial charge in [0.05, 0.1) is 24.6 Å². The number of nitrogen functional groups attached to an aromatic ring is 1. The number of para-hydroxylation sites is 1. The van der Waals surface area contributed by atoms with Crippen molar-refractivity contribution in [3.8, 4) is 28.7 Å². The summed E-state index contributed by atoms with van der Waals surface area (Å²) in [6, 6.07) is 19.3. The Morgan fingerprint density at radius 1 is 1.07 bits per heavy atom. The molecule has 3 heterocycles. The van der Waals surface area contributed by atoms with E-state index in [9.17, 15) is 10.1 Å². The highest BCUT2D eigenvalue weighted by atomic mass is 16.5. The van der Waals surface area contributed by atoms with Gasteiger partial charge in [-0.1, -0.05) is 36.4 Å². The fourth-order valence-corrected chi connectivity index (χ4v) is 5.51. The molecule has 44 heavy (non-hydrogen) atoms. The first-order valence-electron chi connectivity index (χ1n) is 14.6. The molecule has 5 rings (SSSR count). The van der Waals surface area contributed by atoms with Crippen LogP contribution in [0.2, 0.25) is 0 Å². The molecule has 1 fully saturated rings. The minimum absolute atomic E-state index is 0.0655. The maximum Gasteiger partial charge on any atom is 0.246 e. The van der Waals surface area contributed by atoms with Crippen molar-refractivity contribution in [3.63, 3.8) is 0 Å². The number of nitrogens with zero attached hydrogens (tertiary/aromatic N) is 6. The van der Waals surface area contributed by atoms with E-state index in [1.54, 1.807) is 20.3 Å². The van der Waals surface area contributed by atoms with Gasteiger partial charge in [0.25, 0.3) is 0 Å². The fourth-order valence-electron chi connectivity index (χ4n) is 5.51. The van der Waals surface area contributed by atoms with Crippen LogP contribution in [0.1, 0.15) is 18.2 Å². The number of carbonyl (C=O) groups is 1. The second kappa shape index (κ2) is 14.6. The second-order valence-electron chi connectivity index (χ2n) is 10.5. The summed E-state index contributed by atoms with van der Waals surface area (Å²) in [4.78, 5) is 25.9. The molecule has 1 saturated heterocycles. The van der Waals surface area contributed by atoms with E-state index >= 15 is 0 Å². The summed E-state index contributed by atoms with van der Waals surface area (Å²) in [5, 5.41) is 11.1. The summed E-state index contributed by atoms with van der Waals surface area (Å²) >= 11 is 0. The number of likely N-dealkylation sites (tertiary alicyclic amines) is 1. The second-order valence-corrected chi connectivity index (χ2v) is 10.5. The van der Waals surface area contributed by atoms with Crippen molar-refractivity contribution in [1.29, 1.82) is 5.26 Å². The van der Waals surface area contributed by atoms with Gasteiger partial charge in [0.15, 0.2) is 0 Å². The van der Waals surface area contributed by atoms with Crippen molar-refractivity contribution in [2.24, 2.45) is 0 Å². The Kier molecular flexibility index (Phi) is 10.2. The van der Waals surface area contributed by atoms with Crippen molar-refractivity contribution < 1.29 is 19.0 Å². The summed E-state index contributed by atoms with van der Waals surface area (Å²) in [6.07, 6.45) is 5.59. The van der Waals surface area contributed by atoms with E-state index in [1.807, 2.05) is 70.1 Å². The van der Waals surface area contributed by atoms with Crippen LogP contribution in [0.25, 0.3) is 22.2 Å². The van der Waals surface area contributed by atoms with Crippen LogP contribution in [0.5, 0.6) is 11.5 Å². The molecule has 1 amide bonds. The molecule has 4 aromatic rings. The van der Waals surface area contributed by atoms with E-state index in [4.69, 9.17) is 19.9 Å². The average molecular weight is 596 g/mol. The van der Waals surface area contributed by atoms with Gasteiger partial charge in [0.2, 0.25) is 5.91 Å². The van der Waals surface area contributed by atoms with E-state index in [1.165, 1.54) is 6.33 Å². The summed E-state index contributed by atoms with van der Waals surface area (Å²) in [5.41, 5.74) is 8.87. The third-order valence-electron chi connectivity index (χ3n) is 7.73. The molecule has 0 bridgehead atoms. The maximum atomic E-state index is 13.1.